The van der Waals surface area contributed by atoms with Crippen molar-refractivity contribution in [2.45, 2.75) is 6.54 Å². The average Bonchev–Trinajstić information content (AvgIpc) is 2.41. The number of nitrogens with one attached hydrogen (secondary N) is 1. The van der Waals surface area contributed by atoms with Crippen LogP contribution in [0.4, 0.5) is 5.69 Å². The van der Waals surface area contributed by atoms with Crippen molar-refractivity contribution in [1.29, 1.82) is 0 Å². The Labute approximate surface area is 148 Å². The molecule has 2 nitrogen and oxygen atoms in total. The van der Waals surface area contributed by atoms with E-state index < -0.39 is 0 Å². The summed E-state index contributed by atoms with van der Waals surface area (Å²) in [5.41, 5.74) is 2.04. The zero-order chi connectivity index (χ0) is 14.7. The van der Waals surface area contributed by atoms with E-state index >= 15 is 0 Å². The van der Waals surface area contributed by atoms with Gasteiger partial charge in [0.15, 0.2) is 0 Å². The Hall–Kier alpha value is -0.230. The van der Waals surface area contributed by atoms with Crippen LogP contribution < -0.4 is 10.1 Å². The summed E-state index contributed by atoms with van der Waals surface area (Å²) in [6, 6.07) is 9.62. The van der Waals surface area contributed by atoms with Gasteiger partial charge in [0.1, 0.15) is 5.75 Å². The molecular weight excluding hydrogens is 473 g/mol. The maximum absolute atomic E-state index is 6.01. The zero-order valence-electron chi connectivity index (χ0n) is 10.5. The lowest BCUT2D eigenvalue weighted by molar-refractivity contribution is 0.412. The maximum atomic E-state index is 6.01. The van der Waals surface area contributed by atoms with E-state index in [0.29, 0.717) is 6.54 Å². The molecule has 0 unspecified atom stereocenters. The zero-order valence-corrected chi connectivity index (χ0v) is 16.0. The first kappa shape index (κ1) is 16.1. The van der Waals surface area contributed by atoms with Crippen molar-refractivity contribution in [3.8, 4) is 5.75 Å². The minimum atomic E-state index is 0.657. The number of ether oxygens (including phenoxy) is 1. The van der Waals surface area contributed by atoms with Crippen molar-refractivity contribution in [1.82, 2.24) is 0 Å². The highest BCUT2D eigenvalue weighted by atomic mass is 79.9. The van der Waals surface area contributed by atoms with E-state index in [9.17, 15) is 0 Å². The fourth-order valence-electron chi connectivity index (χ4n) is 1.69. The van der Waals surface area contributed by atoms with Crippen molar-refractivity contribution in [3.05, 3.63) is 54.3 Å². The smallest absolute Gasteiger partial charge is 0.135 e. The van der Waals surface area contributed by atoms with Gasteiger partial charge in [0.2, 0.25) is 0 Å². The molecule has 0 aliphatic heterocycles. The van der Waals surface area contributed by atoms with Crippen molar-refractivity contribution in [3.63, 3.8) is 0 Å². The van der Waals surface area contributed by atoms with Crippen LogP contribution in [0.15, 0.2) is 43.7 Å². The van der Waals surface area contributed by atoms with E-state index in [1.165, 1.54) is 0 Å². The second-order valence-corrected chi connectivity index (χ2v) is 7.06. The Balaban J connectivity index is 2.20. The van der Waals surface area contributed by atoms with Crippen LogP contribution in [0.3, 0.4) is 0 Å². The first-order valence-electron chi connectivity index (χ1n) is 5.72. The standard InChI is InChI=1S/C14H11Br3ClNO/c1-20-14-6-13(11(16)5-12(14)17)19-7-8-4-9(18)2-3-10(8)15/h2-6,19H,7H2,1H3. The summed E-state index contributed by atoms with van der Waals surface area (Å²) in [5.74, 6) is 0.779. The molecule has 0 fully saturated rings. The first-order valence-corrected chi connectivity index (χ1v) is 8.48. The molecule has 0 atom stereocenters. The highest BCUT2D eigenvalue weighted by molar-refractivity contribution is 9.11. The summed E-state index contributed by atoms with van der Waals surface area (Å²) < 4.78 is 8.19. The molecule has 0 aliphatic rings. The molecule has 0 amide bonds. The molecule has 106 valence electrons. The van der Waals surface area contributed by atoms with Crippen molar-refractivity contribution < 1.29 is 4.74 Å². The van der Waals surface area contributed by atoms with Gasteiger partial charge < -0.3 is 10.1 Å². The van der Waals surface area contributed by atoms with E-state index in [0.717, 1.165) is 35.4 Å². The fraction of sp³-hybridized carbons (Fsp3) is 0.143. The highest BCUT2D eigenvalue weighted by Crippen LogP contribution is 2.35. The molecule has 2 aromatic rings. The van der Waals surface area contributed by atoms with E-state index in [4.69, 9.17) is 16.3 Å². The summed E-state index contributed by atoms with van der Waals surface area (Å²) in [6.07, 6.45) is 0. The Morgan fingerprint density at radius 2 is 1.80 bits per heavy atom. The van der Waals surface area contributed by atoms with Crippen LogP contribution in [-0.4, -0.2) is 7.11 Å². The second-order valence-electron chi connectivity index (χ2n) is 4.06. The van der Waals surface area contributed by atoms with Crippen LogP contribution in [0.5, 0.6) is 5.75 Å². The van der Waals surface area contributed by atoms with Gasteiger partial charge in [-0.3, -0.25) is 0 Å². The maximum Gasteiger partial charge on any atom is 0.135 e. The molecule has 0 bridgehead atoms. The lowest BCUT2D eigenvalue weighted by atomic mass is 10.2. The largest absolute Gasteiger partial charge is 0.495 e. The molecule has 0 aliphatic carbocycles. The number of anilines is 1. The number of hydrogen-bond donors (Lipinski definition) is 1. The Morgan fingerprint density at radius 3 is 2.50 bits per heavy atom. The molecule has 2 rings (SSSR count). The minimum absolute atomic E-state index is 0.657. The van der Waals surface area contributed by atoms with Crippen molar-refractivity contribution in [2.75, 3.05) is 12.4 Å². The van der Waals surface area contributed by atoms with E-state index in [2.05, 4.69) is 53.1 Å². The third-order valence-electron chi connectivity index (χ3n) is 2.72. The average molecular weight is 484 g/mol. The first-order chi connectivity index (χ1) is 9.51. The number of benzene rings is 2. The molecule has 0 aromatic heterocycles. The van der Waals surface area contributed by atoms with Crippen LogP contribution >= 0.6 is 59.4 Å². The van der Waals surface area contributed by atoms with Gasteiger partial charge in [-0.15, -0.1) is 0 Å². The van der Waals surface area contributed by atoms with Crippen LogP contribution in [0.2, 0.25) is 5.02 Å². The van der Waals surface area contributed by atoms with Crippen LogP contribution in [0.1, 0.15) is 5.56 Å². The van der Waals surface area contributed by atoms with E-state index in [1.54, 1.807) is 7.11 Å². The molecule has 0 heterocycles. The molecule has 0 saturated heterocycles. The van der Waals surface area contributed by atoms with Gasteiger partial charge in [0.25, 0.3) is 0 Å². The van der Waals surface area contributed by atoms with Crippen molar-refractivity contribution >= 4 is 65.1 Å². The molecule has 20 heavy (non-hydrogen) atoms. The Kier molecular flexibility index (Phi) is 5.78. The normalized spacial score (nSPS) is 10.4. The Morgan fingerprint density at radius 1 is 1.05 bits per heavy atom. The topological polar surface area (TPSA) is 21.3 Å². The lowest BCUT2D eigenvalue weighted by Crippen LogP contribution is -2.01. The number of methoxy groups -OCH3 is 1. The summed E-state index contributed by atoms with van der Waals surface area (Å²) in [6.45, 7) is 0.657. The Bertz CT molecular complexity index is 634. The van der Waals surface area contributed by atoms with Gasteiger partial charge >= 0.3 is 0 Å². The van der Waals surface area contributed by atoms with Gasteiger partial charge in [-0.05, 0) is 61.7 Å². The SMILES string of the molecule is COc1cc(NCc2cc(Cl)ccc2Br)c(Br)cc1Br. The van der Waals surface area contributed by atoms with Gasteiger partial charge in [0, 0.05) is 26.6 Å². The van der Waals surface area contributed by atoms with Crippen LogP contribution in [0, 0.1) is 0 Å². The third kappa shape index (κ3) is 3.91. The lowest BCUT2D eigenvalue weighted by Gasteiger charge is -2.13. The van der Waals surface area contributed by atoms with Gasteiger partial charge in [-0.2, -0.15) is 0 Å². The molecule has 0 spiro atoms. The highest BCUT2D eigenvalue weighted by Gasteiger charge is 2.08. The summed E-state index contributed by atoms with van der Waals surface area (Å²) >= 11 is 16.5. The van der Waals surface area contributed by atoms with E-state index in [-0.39, 0.29) is 0 Å². The summed E-state index contributed by atoms with van der Waals surface area (Å²) in [4.78, 5) is 0. The fourth-order valence-corrected chi connectivity index (χ4v) is 3.57. The molecule has 2 aromatic carbocycles. The van der Waals surface area contributed by atoms with Gasteiger partial charge in [-0.1, -0.05) is 27.5 Å². The molecule has 1 N–H and O–H groups in total. The third-order valence-corrected chi connectivity index (χ3v) is 5.00. The summed E-state index contributed by atoms with van der Waals surface area (Å²) in [5, 5.41) is 4.08. The van der Waals surface area contributed by atoms with Crippen LogP contribution in [0.25, 0.3) is 0 Å². The van der Waals surface area contributed by atoms with Crippen molar-refractivity contribution in [2.24, 2.45) is 0 Å². The minimum Gasteiger partial charge on any atom is -0.495 e. The predicted molar refractivity (Wildman–Crippen MR) is 94.9 cm³/mol. The molecule has 0 saturated carbocycles. The van der Waals surface area contributed by atoms with E-state index in [1.807, 2.05) is 30.3 Å². The monoisotopic (exact) mass is 481 g/mol. The number of rotatable bonds is 4. The van der Waals surface area contributed by atoms with Crippen LogP contribution in [-0.2, 0) is 6.54 Å². The summed E-state index contributed by atoms with van der Waals surface area (Å²) in [7, 11) is 1.64. The number of hydrogen-bond acceptors (Lipinski definition) is 2. The second kappa shape index (κ2) is 7.16. The molecular formula is C14H11Br3ClNO. The quantitative estimate of drug-likeness (QED) is 0.554. The predicted octanol–water partition coefficient (Wildman–Crippen LogP) is 6.25. The number of halogens is 4. The molecule has 6 heteroatoms. The molecule has 0 radical (unpaired) electrons. The van der Waals surface area contributed by atoms with Gasteiger partial charge in [-0.25, -0.2) is 0 Å². The van der Waals surface area contributed by atoms with Gasteiger partial charge in [0.05, 0.1) is 17.3 Å².